The monoisotopic (exact) mass is 377 g/mol. The van der Waals surface area contributed by atoms with Crippen molar-refractivity contribution in [2.75, 3.05) is 23.8 Å². The van der Waals surface area contributed by atoms with Crippen molar-refractivity contribution in [2.45, 2.75) is 24.8 Å². The van der Waals surface area contributed by atoms with Crippen LogP contribution in [0.3, 0.4) is 0 Å². The molecule has 0 saturated carbocycles. The minimum absolute atomic E-state index is 0.0672. The molecule has 0 aliphatic heterocycles. The molecule has 1 atom stereocenters. The summed E-state index contributed by atoms with van der Waals surface area (Å²) in [6.07, 6.45) is 0. The standard InChI is InChI=1S/C18H23N3O4S/c1-12-5-4-6-15(9-12)21-26(23,24)17-10-14(8-7-13(17)2)20-18(22)16(19)11-25-3/h4-10,16,21H,11,19H2,1-3H3,(H,20,22). The molecule has 0 fully saturated rings. The predicted molar refractivity (Wildman–Crippen MR) is 102 cm³/mol. The number of amides is 1. The summed E-state index contributed by atoms with van der Waals surface area (Å²) in [7, 11) is -2.36. The lowest BCUT2D eigenvalue weighted by Crippen LogP contribution is -2.39. The minimum Gasteiger partial charge on any atom is -0.383 e. The summed E-state index contributed by atoms with van der Waals surface area (Å²) in [5.74, 6) is -0.453. The fourth-order valence-corrected chi connectivity index (χ4v) is 3.70. The quantitative estimate of drug-likeness (QED) is 0.684. The van der Waals surface area contributed by atoms with E-state index in [1.54, 1.807) is 37.3 Å². The van der Waals surface area contributed by atoms with E-state index < -0.39 is 22.0 Å². The number of ether oxygens (including phenoxy) is 1. The van der Waals surface area contributed by atoms with Crippen LogP contribution < -0.4 is 15.8 Å². The summed E-state index contributed by atoms with van der Waals surface area (Å²) in [6.45, 7) is 3.63. The van der Waals surface area contributed by atoms with Crippen LogP contribution in [0.5, 0.6) is 0 Å². The maximum atomic E-state index is 12.7. The van der Waals surface area contributed by atoms with Crippen LogP contribution in [0.4, 0.5) is 11.4 Å². The maximum Gasteiger partial charge on any atom is 0.262 e. The van der Waals surface area contributed by atoms with Crippen LogP contribution >= 0.6 is 0 Å². The zero-order valence-electron chi connectivity index (χ0n) is 14.9. The topological polar surface area (TPSA) is 111 Å². The van der Waals surface area contributed by atoms with Gasteiger partial charge in [0.05, 0.1) is 11.5 Å². The van der Waals surface area contributed by atoms with Crippen LogP contribution in [-0.4, -0.2) is 34.1 Å². The zero-order chi connectivity index (χ0) is 19.3. The van der Waals surface area contributed by atoms with Crippen LogP contribution in [0.1, 0.15) is 11.1 Å². The van der Waals surface area contributed by atoms with Gasteiger partial charge in [-0.25, -0.2) is 8.42 Å². The second-order valence-electron chi connectivity index (χ2n) is 6.01. The van der Waals surface area contributed by atoms with Gasteiger partial charge in [-0.2, -0.15) is 0 Å². The summed E-state index contributed by atoms with van der Waals surface area (Å²) in [4.78, 5) is 12.1. The number of rotatable bonds is 7. The molecule has 2 aromatic carbocycles. The Bertz CT molecular complexity index is 897. The molecule has 0 saturated heterocycles. The first-order chi connectivity index (χ1) is 12.2. The summed E-state index contributed by atoms with van der Waals surface area (Å²) >= 11 is 0. The van der Waals surface area contributed by atoms with Crippen LogP contribution in [0, 0.1) is 13.8 Å². The summed E-state index contributed by atoms with van der Waals surface area (Å²) in [5.41, 5.74) is 7.99. The Morgan fingerprint density at radius 1 is 1.15 bits per heavy atom. The number of hydrogen-bond acceptors (Lipinski definition) is 5. The van der Waals surface area contributed by atoms with Gasteiger partial charge in [0.25, 0.3) is 10.0 Å². The average molecular weight is 377 g/mol. The van der Waals surface area contributed by atoms with Gasteiger partial charge in [0.1, 0.15) is 6.04 Å². The van der Waals surface area contributed by atoms with Gasteiger partial charge >= 0.3 is 0 Å². The molecule has 1 unspecified atom stereocenters. The van der Waals surface area contributed by atoms with Gasteiger partial charge in [-0.1, -0.05) is 18.2 Å². The molecular weight excluding hydrogens is 354 g/mol. The highest BCUT2D eigenvalue weighted by atomic mass is 32.2. The number of benzene rings is 2. The number of nitrogens with two attached hydrogens (primary N) is 1. The Morgan fingerprint density at radius 3 is 2.54 bits per heavy atom. The molecule has 0 aromatic heterocycles. The van der Waals surface area contributed by atoms with E-state index in [9.17, 15) is 13.2 Å². The first-order valence-corrected chi connectivity index (χ1v) is 9.47. The number of nitrogens with one attached hydrogen (secondary N) is 2. The molecule has 2 aromatic rings. The SMILES string of the molecule is COCC(N)C(=O)Nc1ccc(C)c(S(=O)(=O)Nc2cccc(C)c2)c1. The first-order valence-electron chi connectivity index (χ1n) is 7.98. The van der Waals surface area contributed by atoms with Crippen molar-refractivity contribution in [3.63, 3.8) is 0 Å². The second kappa shape index (κ2) is 8.31. The second-order valence-corrected chi connectivity index (χ2v) is 7.66. The molecule has 4 N–H and O–H groups in total. The minimum atomic E-state index is -3.81. The Kier molecular flexibility index (Phi) is 6.36. The fourth-order valence-electron chi connectivity index (χ4n) is 2.38. The smallest absolute Gasteiger partial charge is 0.262 e. The number of aryl methyl sites for hydroxylation is 2. The lowest BCUT2D eigenvalue weighted by molar-refractivity contribution is -0.118. The summed E-state index contributed by atoms with van der Waals surface area (Å²) in [5, 5.41) is 2.60. The molecule has 1 amide bonds. The van der Waals surface area contributed by atoms with Crippen molar-refractivity contribution in [1.82, 2.24) is 0 Å². The van der Waals surface area contributed by atoms with Gasteiger partial charge in [0.2, 0.25) is 5.91 Å². The molecule has 0 aliphatic rings. The Labute approximate surface area is 153 Å². The van der Waals surface area contributed by atoms with Crippen molar-refractivity contribution < 1.29 is 17.9 Å². The van der Waals surface area contributed by atoms with Crippen LogP contribution in [-0.2, 0) is 19.6 Å². The van der Waals surface area contributed by atoms with E-state index in [2.05, 4.69) is 10.0 Å². The van der Waals surface area contributed by atoms with Crippen LogP contribution in [0.25, 0.3) is 0 Å². The highest BCUT2D eigenvalue weighted by Gasteiger charge is 2.19. The molecule has 8 heteroatoms. The van der Waals surface area contributed by atoms with E-state index in [0.717, 1.165) is 5.56 Å². The van der Waals surface area contributed by atoms with Crippen molar-refractivity contribution in [1.29, 1.82) is 0 Å². The lowest BCUT2D eigenvalue weighted by Gasteiger charge is -2.14. The Hall–Kier alpha value is -2.42. The van der Waals surface area contributed by atoms with Gasteiger partial charge in [-0.05, 0) is 49.2 Å². The van der Waals surface area contributed by atoms with Crippen molar-refractivity contribution in [3.8, 4) is 0 Å². The Morgan fingerprint density at radius 2 is 1.88 bits per heavy atom. The van der Waals surface area contributed by atoms with Crippen molar-refractivity contribution >= 4 is 27.3 Å². The third kappa shape index (κ3) is 5.04. The highest BCUT2D eigenvalue weighted by Crippen LogP contribution is 2.23. The zero-order valence-corrected chi connectivity index (χ0v) is 15.8. The third-order valence-electron chi connectivity index (χ3n) is 3.70. The summed E-state index contributed by atoms with van der Waals surface area (Å²) in [6, 6.07) is 10.9. The molecule has 0 radical (unpaired) electrons. The van der Waals surface area contributed by atoms with E-state index >= 15 is 0 Å². The number of carbonyl (C=O) groups is 1. The molecule has 0 aliphatic carbocycles. The number of methoxy groups -OCH3 is 1. The van der Waals surface area contributed by atoms with E-state index in [4.69, 9.17) is 10.5 Å². The van der Waals surface area contributed by atoms with Gasteiger partial charge in [0.15, 0.2) is 0 Å². The van der Waals surface area contributed by atoms with E-state index in [1.807, 2.05) is 13.0 Å². The molecule has 140 valence electrons. The van der Waals surface area contributed by atoms with Crippen LogP contribution in [0.2, 0.25) is 0 Å². The highest BCUT2D eigenvalue weighted by molar-refractivity contribution is 7.92. The maximum absolute atomic E-state index is 12.7. The average Bonchev–Trinajstić information content (AvgIpc) is 2.56. The van der Waals surface area contributed by atoms with Gasteiger partial charge < -0.3 is 15.8 Å². The molecular formula is C18H23N3O4S. The largest absolute Gasteiger partial charge is 0.383 e. The van der Waals surface area contributed by atoms with Crippen LogP contribution in [0.15, 0.2) is 47.4 Å². The van der Waals surface area contributed by atoms with Crippen molar-refractivity contribution in [2.24, 2.45) is 5.73 Å². The normalized spacial score (nSPS) is 12.5. The first kappa shape index (κ1) is 19.9. The summed E-state index contributed by atoms with van der Waals surface area (Å²) < 4.78 is 32.9. The third-order valence-corrected chi connectivity index (χ3v) is 5.22. The number of carbonyl (C=O) groups excluding carboxylic acids is 1. The molecule has 0 heterocycles. The van der Waals surface area contributed by atoms with Crippen molar-refractivity contribution in [3.05, 3.63) is 53.6 Å². The molecule has 7 nitrogen and oxygen atoms in total. The van der Waals surface area contributed by atoms with Gasteiger partial charge in [-0.15, -0.1) is 0 Å². The molecule has 2 rings (SSSR count). The number of anilines is 2. The molecule has 26 heavy (non-hydrogen) atoms. The Balaban J connectivity index is 2.27. The van der Waals surface area contributed by atoms with Gasteiger partial charge in [-0.3, -0.25) is 9.52 Å². The molecule has 0 spiro atoms. The lowest BCUT2D eigenvalue weighted by atomic mass is 10.2. The van der Waals surface area contributed by atoms with E-state index in [1.165, 1.54) is 13.2 Å². The van der Waals surface area contributed by atoms with E-state index in [-0.39, 0.29) is 11.5 Å². The number of hydrogen-bond donors (Lipinski definition) is 3. The van der Waals surface area contributed by atoms with Gasteiger partial charge in [0, 0.05) is 18.5 Å². The predicted octanol–water partition coefficient (Wildman–Crippen LogP) is 2.02. The number of sulfonamides is 1. The fraction of sp³-hybridized carbons (Fsp3) is 0.278. The molecule has 0 bridgehead atoms. The van der Waals surface area contributed by atoms with E-state index in [0.29, 0.717) is 16.9 Å².